The number of ether oxygens (including phenoxy) is 2. The number of fused-ring (bicyclic) bond motifs is 1. The topological polar surface area (TPSA) is 77.3 Å². The molecule has 2 aromatic rings. The number of rotatable bonds is 7. The van der Waals surface area contributed by atoms with E-state index in [1.165, 1.54) is 12.8 Å². The van der Waals surface area contributed by atoms with Crippen molar-refractivity contribution in [3.63, 3.8) is 0 Å². The molecule has 1 saturated carbocycles. The van der Waals surface area contributed by atoms with Crippen molar-refractivity contribution >= 4 is 0 Å². The molecule has 162 valence electrons. The second-order valence-corrected chi connectivity index (χ2v) is 8.81. The molecule has 4 heterocycles. The van der Waals surface area contributed by atoms with Gasteiger partial charge in [-0.25, -0.2) is 15.0 Å². The van der Waals surface area contributed by atoms with Crippen LogP contribution in [0, 0.1) is 12.8 Å². The van der Waals surface area contributed by atoms with Gasteiger partial charge >= 0.3 is 0 Å². The molecule has 0 amide bonds. The van der Waals surface area contributed by atoms with Crippen LogP contribution in [-0.2, 0) is 9.47 Å². The lowest BCUT2D eigenvalue weighted by Gasteiger charge is -2.30. The van der Waals surface area contributed by atoms with Gasteiger partial charge in [0.1, 0.15) is 13.1 Å². The van der Waals surface area contributed by atoms with E-state index in [1.807, 2.05) is 17.7 Å². The fraction of sp³-hybridized carbons (Fsp3) is 0.682. The summed E-state index contributed by atoms with van der Waals surface area (Å²) in [4.78, 5) is 16.1. The highest BCUT2D eigenvalue weighted by Gasteiger charge is 2.35. The fourth-order valence-electron chi connectivity index (χ4n) is 5.15. The lowest BCUT2D eigenvalue weighted by molar-refractivity contribution is 0.0388. The van der Waals surface area contributed by atoms with E-state index in [1.54, 1.807) is 12.5 Å². The van der Waals surface area contributed by atoms with Crippen molar-refractivity contribution in [1.29, 1.82) is 0 Å². The molecule has 0 bridgehead atoms. The van der Waals surface area contributed by atoms with Crippen molar-refractivity contribution in [1.82, 2.24) is 29.7 Å². The Morgan fingerprint density at radius 1 is 1.17 bits per heavy atom. The number of imidazole rings is 1. The first-order chi connectivity index (χ1) is 14.8. The number of likely N-dealkylation sites (tertiary alicyclic amines) is 1. The summed E-state index contributed by atoms with van der Waals surface area (Å²) in [7, 11) is 0. The van der Waals surface area contributed by atoms with Crippen LogP contribution in [0.2, 0.25) is 0 Å². The number of aromatic nitrogens is 4. The third-order valence-corrected chi connectivity index (χ3v) is 6.72. The number of nitrogens with zero attached hydrogens (tertiary/aromatic N) is 5. The molecule has 30 heavy (non-hydrogen) atoms. The minimum Gasteiger partial charge on any atom is -0.349 e. The molecular formula is C22H32N6O2. The standard InChI is InChI=1S/C22H32N6O2/c1-16-11-18(26-22(25-16)28-10-7-24-14-28)19-3-2-8-27(19)9-6-23-13-17-4-5-20-21(12-17)30-15-29-20/h7,10-11,14,17,19-21,23H,2-6,8-9,12-13,15H2,1H3/t17-,19?,20?,21?/m1/s1. The van der Waals surface area contributed by atoms with Crippen LogP contribution in [0.3, 0.4) is 0 Å². The van der Waals surface area contributed by atoms with Gasteiger partial charge in [0, 0.05) is 31.2 Å². The highest BCUT2D eigenvalue weighted by Crippen LogP contribution is 2.32. The van der Waals surface area contributed by atoms with Crippen LogP contribution in [0.1, 0.15) is 49.5 Å². The molecule has 2 saturated heterocycles. The van der Waals surface area contributed by atoms with Crippen molar-refractivity contribution in [3.8, 4) is 5.95 Å². The summed E-state index contributed by atoms with van der Waals surface area (Å²) in [6.07, 6.45) is 11.9. The van der Waals surface area contributed by atoms with Crippen molar-refractivity contribution in [3.05, 3.63) is 36.2 Å². The monoisotopic (exact) mass is 412 g/mol. The van der Waals surface area contributed by atoms with Crippen LogP contribution >= 0.6 is 0 Å². The van der Waals surface area contributed by atoms with Gasteiger partial charge in [0.05, 0.1) is 23.9 Å². The van der Waals surface area contributed by atoms with Gasteiger partial charge in [-0.05, 0) is 64.1 Å². The largest absolute Gasteiger partial charge is 0.349 e. The van der Waals surface area contributed by atoms with Crippen molar-refractivity contribution in [2.24, 2.45) is 5.92 Å². The summed E-state index contributed by atoms with van der Waals surface area (Å²) < 4.78 is 13.2. The van der Waals surface area contributed by atoms with Gasteiger partial charge in [0.25, 0.3) is 0 Å². The average Bonchev–Trinajstić information content (AvgIpc) is 3.52. The van der Waals surface area contributed by atoms with Crippen molar-refractivity contribution in [2.75, 3.05) is 33.0 Å². The minimum atomic E-state index is 0.319. The summed E-state index contributed by atoms with van der Waals surface area (Å²) in [6.45, 7) is 6.79. The lowest BCUT2D eigenvalue weighted by atomic mass is 9.85. The maximum Gasteiger partial charge on any atom is 0.235 e. The zero-order chi connectivity index (χ0) is 20.3. The van der Waals surface area contributed by atoms with Crippen LogP contribution in [0.25, 0.3) is 5.95 Å². The van der Waals surface area contributed by atoms with Crippen molar-refractivity contribution < 1.29 is 9.47 Å². The maximum absolute atomic E-state index is 5.71. The predicted molar refractivity (Wildman–Crippen MR) is 112 cm³/mol. The second kappa shape index (κ2) is 9.09. The Balaban J connectivity index is 1.14. The fourth-order valence-corrected chi connectivity index (χ4v) is 5.15. The summed E-state index contributed by atoms with van der Waals surface area (Å²) in [5, 5.41) is 3.70. The SMILES string of the molecule is Cc1cc(C2CCCN2CCNC[C@@H]2CCC3OCOC3C2)nc(-n2ccnc2)n1. The van der Waals surface area contributed by atoms with E-state index >= 15 is 0 Å². The molecular weight excluding hydrogens is 380 g/mol. The maximum atomic E-state index is 5.71. The Morgan fingerprint density at radius 3 is 3.00 bits per heavy atom. The van der Waals surface area contributed by atoms with Gasteiger partial charge in [0.2, 0.25) is 5.95 Å². The molecule has 1 N–H and O–H groups in total. The van der Waals surface area contributed by atoms with E-state index in [4.69, 9.17) is 14.5 Å². The van der Waals surface area contributed by atoms with E-state index in [2.05, 4.69) is 26.3 Å². The lowest BCUT2D eigenvalue weighted by Crippen LogP contribution is -2.38. The van der Waals surface area contributed by atoms with Gasteiger partial charge in [-0.2, -0.15) is 0 Å². The first kappa shape index (κ1) is 20.1. The average molecular weight is 413 g/mol. The van der Waals surface area contributed by atoms with Gasteiger partial charge in [-0.15, -0.1) is 0 Å². The first-order valence-corrected chi connectivity index (χ1v) is 11.3. The molecule has 3 fully saturated rings. The van der Waals surface area contributed by atoms with Crippen LogP contribution in [-0.4, -0.2) is 69.6 Å². The van der Waals surface area contributed by atoms with E-state index < -0.39 is 0 Å². The number of aryl methyl sites for hydroxylation is 1. The Bertz CT molecular complexity index is 829. The molecule has 8 heteroatoms. The number of nitrogens with one attached hydrogen (secondary N) is 1. The summed E-state index contributed by atoms with van der Waals surface area (Å²) in [5.74, 6) is 1.41. The molecule has 4 atom stereocenters. The molecule has 0 radical (unpaired) electrons. The number of hydrogen-bond acceptors (Lipinski definition) is 7. The molecule has 2 aromatic heterocycles. The van der Waals surface area contributed by atoms with Gasteiger partial charge in [0.15, 0.2) is 0 Å². The molecule has 1 aliphatic carbocycles. The first-order valence-electron chi connectivity index (χ1n) is 11.3. The zero-order valence-corrected chi connectivity index (χ0v) is 17.7. The smallest absolute Gasteiger partial charge is 0.235 e. The normalized spacial score (nSPS) is 29.4. The van der Waals surface area contributed by atoms with Gasteiger partial charge in [-0.3, -0.25) is 9.47 Å². The molecule has 0 aromatic carbocycles. The third kappa shape index (κ3) is 4.42. The van der Waals surface area contributed by atoms with Crippen LogP contribution in [0.5, 0.6) is 0 Å². The quantitative estimate of drug-likeness (QED) is 0.699. The van der Waals surface area contributed by atoms with Crippen LogP contribution < -0.4 is 5.32 Å². The van der Waals surface area contributed by atoms with Crippen LogP contribution in [0.4, 0.5) is 0 Å². The highest BCUT2D eigenvalue weighted by atomic mass is 16.7. The van der Waals surface area contributed by atoms with E-state index in [-0.39, 0.29) is 0 Å². The Morgan fingerprint density at radius 2 is 2.10 bits per heavy atom. The molecule has 3 aliphatic rings. The summed E-state index contributed by atoms with van der Waals surface area (Å²) in [5.41, 5.74) is 2.13. The van der Waals surface area contributed by atoms with Crippen molar-refractivity contribution in [2.45, 2.75) is 57.3 Å². The van der Waals surface area contributed by atoms with E-state index in [9.17, 15) is 0 Å². The van der Waals surface area contributed by atoms with E-state index in [0.717, 1.165) is 56.8 Å². The predicted octanol–water partition coefficient (Wildman–Crippen LogP) is 2.24. The molecule has 2 aliphatic heterocycles. The molecule has 8 nitrogen and oxygen atoms in total. The molecule has 5 rings (SSSR count). The summed E-state index contributed by atoms with van der Waals surface area (Å²) in [6, 6.07) is 2.51. The Kier molecular flexibility index (Phi) is 6.08. The Hall–Kier alpha value is -1.87. The molecule has 0 spiro atoms. The van der Waals surface area contributed by atoms with Crippen LogP contribution in [0.15, 0.2) is 24.8 Å². The zero-order valence-electron chi connectivity index (χ0n) is 17.7. The van der Waals surface area contributed by atoms with E-state index in [0.29, 0.717) is 36.9 Å². The minimum absolute atomic E-state index is 0.319. The highest BCUT2D eigenvalue weighted by molar-refractivity contribution is 5.22. The van der Waals surface area contributed by atoms with Gasteiger partial charge in [-0.1, -0.05) is 0 Å². The number of hydrogen-bond donors (Lipinski definition) is 1. The second-order valence-electron chi connectivity index (χ2n) is 8.81. The Labute approximate surface area is 178 Å². The third-order valence-electron chi connectivity index (χ3n) is 6.72. The summed E-state index contributed by atoms with van der Waals surface area (Å²) >= 11 is 0. The van der Waals surface area contributed by atoms with Gasteiger partial charge < -0.3 is 14.8 Å². The molecule has 3 unspecified atom stereocenters.